The van der Waals surface area contributed by atoms with E-state index in [1.165, 1.54) is 31.0 Å². The maximum Gasteiger partial charge on any atom is 0.227 e. The van der Waals surface area contributed by atoms with Gasteiger partial charge in [-0.05, 0) is 12.8 Å². The summed E-state index contributed by atoms with van der Waals surface area (Å²) in [6.07, 6.45) is 6.44. The lowest BCUT2D eigenvalue weighted by Crippen LogP contribution is -2.36. The van der Waals surface area contributed by atoms with Crippen molar-refractivity contribution in [1.82, 2.24) is 5.32 Å². The lowest BCUT2D eigenvalue weighted by Gasteiger charge is -2.22. The van der Waals surface area contributed by atoms with Gasteiger partial charge in [0.1, 0.15) is 0 Å². The summed E-state index contributed by atoms with van der Waals surface area (Å²) in [6, 6.07) is 0.377. The molecule has 0 aromatic rings. The fraction of sp³-hybridized carbons (Fsp3) is 0.818. The van der Waals surface area contributed by atoms with E-state index in [0.717, 1.165) is 12.8 Å². The summed E-state index contributed by atoms with van der Waals surface area (Å²) in [5, 5.41) is 3.04. The molecule has 0 saturated heterocycles. The van der Waals surface area contributed by atoms with Gasteiger partial charge in [0.2, 0.25) is 11.8 Å². The van der Waals surface area contributed by atoms with E-state index in [1.807, 2.05) is 0 Å². The van der Waals surface area contributed by atoms with Gasteiger partial charge in [0.25, 0.3) is 0 Å². The molecule has 1 rings (SSSR count). The summed E-state index contributed by atoms with van der Waals surface area (Å²) in [5.74, 6) is 0.750. The minimum absolute atomic E-state index is 0.101. The van der Waals surface area contributed by atoms with Gasteiger partial charge < -0.3 is 11.1 Å². The maximum absolute atomic E-state index is 11.5. The number of thioether (sulfide) groups is 1. The molecule has 0 unspecified atom stereocenters. The fourth-order valence-electron chi connectivity index (χ4n) is 1.88. The maximum atomic E-state index is 11.5. The normalized spacial score (nSPS) is 17.0. The zero-order chi connectivity index (χ0) is 11.8. The Kier molecular flexibility index (Phi) is 6.30. The number of carbonyl (C=O) groups is 2. The average molecular weight is 244 g/mol. The molecule has 16 heavy (non-hydrogen) atoms. The van der Waals surface area contributed by atoms with Gasteiger partial charge in [-0.15, -0.1) is 0 Å². The second kappa shape index (κ2) is 7.54. The molecular formula is C11H20N2O2S. The van der Waals surface area contributed by atoms with Crippen LogP contribution in [0.15, 0.2) is 0 Å². The van der Waals surface area contributed by atoms with Crippen LogP contribution in [0.25, 0.3) is 0 Å². The summed E-state index contributed by atoms with van der Waals surface area (Å²) >= 11 is 1.42. The number of nitrogens with one attached hydrogen (secondary N) is 1. The molecule has 4 nitrogen and oxygen atoms in total. The van der Waals surface area contributed by atoms with Crippen LogP contribution in [0.5, 0.6) is 0 Å². The van der Waals surface area contributed by atoms with Crippen LogP contribution in [-0.2, 0) is 9.59 Å². The highest BCUT2D eigenvalue weighted by Gasteiger charge is 2.15. The molecule has 0 atom stereocenters. The molecule has 5 heteroatoms. The van der Waals surface area contributed by atoms with E-state index in [0.29, 0.717) is 24.0 Å². The van der Waals surface area contributed by atoms with Crippen molar-refractivity contribution in [2.75, 3.05) is 11.5 Å². The highest BCUT2D eigenvalue weighted by Crippen LogP contribution is 2.17. The van der Waals surface area contributed by atoms with Crippen molar-refractivity contribution < 1.29 is 9.59 Å². The van der Waals surface area contributed by atoms with Gasteiger partial charge in [0.05, 0.1) is 5.75 Å². The Morgan fingerprint density at radius 2 is 1.94 bits per heavy atom. The summed E-state index contributed by atoms with van der Waals surface area (Å²) in [4.78, 5) is 22.0. The number of carbonyl (C=O) groups excluding carboxylic acids is 2. The van der Waals surface area contributed by atoms with Gasteiger partial charge >= 0.3 is 0 Å². The van der Waals surface area contributed by atoms with Crippen molar-refractivity contribution in [1.29, 1.82) is 0 Å². The number of primary amides is 1. The molecule has 2 amide bonds. The van der Waals surface area contributed by atoms with Crippen molar-refractivity contribution in [2.45, 2.75) is 44.6 Å². The summed E-state index contributed by atoms with van der Waals surface area (Å²) < 4.78 is 0. The molecular weight excluding hydrogens is 224 g/mol. The first-order valence-corrected chi connectivity index (χ1v) is 6.99. The van der Waals surface area contributed by atoms with Crippen LogP contribution < -0.4 is 11.1 Å². The van der Waals surface area contributed by atoms with E-state index >= 15 is 0 Å². The fourth-order valence-corrected chi connectivity index (χ4v) is 2.56. The van der Waals surface area contributed by atoms with Gasteiger partial charge in [0.15, 0.2) is 0 Å². The topological polar surface area (TPSA) is 72.2 Å². The predicted octanol–water partition coefficient (Wildman–Crippen LogP) is 1.04. The SMILES string of the molecule is NC(=O)CSCCC(=O)NC1CCCCC1. The summed E-state index contributed by atoms with van der Waals surface area (Å²) in [7, 11) is 0. The van der Waals surface area contributed by atoms with Gasteiger partial charge in [0, 0.05) is 18.2 Å². The molecule has 0 bridgehead atoms. The van der Waals surface area contributed by atoms with Crippen molar-refractivity contribution >= 4 is 23.6 Å². The molecule has 0 aromatic heterocycles. The average Bonchev–Trinajstić information content (AvgIpc) is 2.25. The summed E-state index contributed by atoms with van der Waals surface area (Å²) in [6.45, 7) is 0. The monoisotopic (exact) mass is 244 g/mol. The van der Waals surface area contributed by atoms with Gasteiger partial charge in [-0.2, -0.15) is 11.8 Å². The standard InChI is InChI=1S/C11H20N2O2S/c12-10(14)8-16-7-6-11(15)13-9-4-2-1-3-5-9/h9H,1-8H2,(H2,12,14)(H,13,15). The largest absolute Gasteiger partial charge is 0.369 e. The van der Waals surface area contributed by atoms with Crippen LogP contribution in [0.1, 0.15) is 38.5 Å². The Balaban J connectivity index is 2.03. The van der Waals surface area contributed by atoms with Gasteiger partial charge in [-0.1, -0.05) is 19.3 Å². The minimum atomic E-state index is -0.322. The third-order valence-corrected chi connectivity index (χ3v) is 3.67. The summed E-state index contributed by atoms with van der Waals surface area (Å²) in [5.41, 5.74) is 5.00. The van der Waals surface area contributed by atoms with Crippen LogP contribution in [0.3, 0.4) is 0 Å². The lowest BCUT2D eigenvalue weighted by atomic mass is 9.95. The quantitative estimate of drug-likeness (QED) is 0.686. The molecule has 0 spiro atoms. The molecule has 1 fully saturated rings. The van der Waals surface area contributed by atoms with E-state index in [4.69, 9.17) is 5.73 Å². The molecule has 3 N–H and O–H groups in total. The van der Waals surface area contributed by atoms with Gasteiger partial charge in [-0.25, -0.2) is 0 Å². The van der Waals surface area contributed by atoms with Crippen LogP contribution >= 0.6 is 11.8 Å². The highest BCUT2D eigenvalue weighted by molar-refractivity contribution is 7.99. The molecule has 0 heterocycles. The second-order valence-electron chi connectivity index (χ2n) is 4.17. The molecule has 0 aromatic carbocycles. The first-order valence-electron chi connectivity index (χ1n) is 5.84. The zero-order valence-electron chi connectivity index (χ0n) is 9.54. The number of amides is 2. The third kappa shape index (κ3) is 6.00. The Bertz CT molecular complexity index is 240. The van der Waals surface area contributed by atoms with Crippen molar-refractivity contribution in [2.24, 2.45) is 5.73 Å². The first-order chi connectivity index (χ1) is 7.68. The molecule has 0 aliphatic heterocycles. The van der Waals surface area contributed by atoms with Crippen molar-refractivity contribution in [3.05, 3.63) is 0 Å². The Morgan fingerprint density at radius 1 is 1.25 bits per heavy atom. The molecule has 1 aliphatic rings. The van der Waals surface area contributed by atoms with Crippen molar-refractivity contribution in [3.63, 3.8) is 0 Å². The van der Waals surface area contributed by atoms with E-state index < -0.39 is 0 Å². The minimum Gasteiger partial charge on any atom is -0.369 e. The second-order valence-corrected chi connectivity index (χ2v) is 5.28. The Hall–Kier alpha value is -0.710. The number of rotatable bonds is 6. The van der Waals surface area contributed by atoms with Crippen molar-refractivity contribution in [3.8, 4) is 0 Å². The highest BCUT2D eigenvalue weighted by atomic mass is 32.2. The number of hydrogen-bond acceptors (Lipinski definition) is 3. The number of nitrogens with two attached hydrogens (primary N) is 1. The first kappa shape index (κ1) is 13.4. The zero-order valence-corrected chi connectivity index (χ0v) is 10.4. The molecule has 1 aliphatic carbocycles. The van der Waals surface area contributed by atoms with Crippen LogP contribution in [-0.4, -0.2) is 29.4 Å². The number of hydrogen-bond donors (Lipinski definition) is 2. The molecule has 92 valence electrons. The lowest BCUT2D eigenvalue weighted by molar-refractivity contribution is -0.121. The van der Waals surface area contributed by atoms with E-state index in [9.17, 15) is 9.59 Å². The molecule has 1 saturated carbocycles. The van der Waals surface area contributed by atoms with E-state index in [2.05, 4.69) is 5.32 Å². The predicted molar refractivity (Wildman–Crippen MR) is 66.2 cm³/mol. The molecule has 0 radical (unpaired) electrons. The van der Waals surface area contributed by atoms with Gasteiger partial charge in [-0.3, -0.25) is 9.59 Å². The Labute approximate surface area is 101 Å². The third-order valence-electron chi connectivity index (χ3n) is 2.69. The van der Waals surface area contributed by atoms with E-state index in [1.54, 1.807) is 0 Å². The van der Waals surface area contributed by atoms with Crippen LogP contribution in [0.2, 0.25) is 0 Å². The Morgan fingerprint density at radius 3 is 2.56 bits per heavy atom. The smallest absolute Gasteiger partial charge is 0.227 e. The van der Waals surface area contributed by atoms with E-state index in [-0.39, 0.29) is 11.8 Å². The van der Waals surface area contributed by atoms with Crippen LogP contribution in [0, 0.1) is 0 Å². The van der Waals surface area contributed by atoms with Crippen LogP contribution in [0.4, 0.5) is 0 Å².